The molecule has 0 bridgehead atoms. The predicted molar refractivity (Wildman–Crippen MR) is 61.4 cm³/mol. The van der Waals surface area contributed by atoms with E-state index in [-0.39, 0.29) is 12.2 Å². The van der Waals surface area contributed by atoms with Gasteiger partial charge in [-0.15, -0.1) is 0 Å². The van der Waals surface area contributed by atoms with Gasteiger partial charge in [0.25, 0.3) is 0 Å². The van der Waals surface area contributed by atoms with E-state index in [0.717, 1.165) is 5.69 Å². The van der Waals surface area contributed by atoms with Crippen molar-refractivity contribution < 1.29 is 9.53 Å². The third-order valence-electron chi connectivity index (χ3n) is 1.87. The van der Waals surface area contributed by atoms with Crippen LogP contribution in [0.3, 0.4) is 0 Å². The van der Waals surface area contributed by atoms with Crippen molar-refractivity contribution in [1.29, 1.82) is 5.26 Å². The van der Waals surface area contributed by atoms with Gasteiger partial charge in [-0.1, -0.05) is 6.07 Å². The Bertz CT molecular complexity index is 435. The molecule has 1 rings (SSSR count). The minimum Gasteiger partial charge on any atom is -0.462 e. The molecule has 0 atom stereocenters. The number of ether oxygens (including phenoxy) is 1. The number of rotatable bonds is 5. The zero-order valence-electron chi connectivity index (χ0n) is 9.51. The van der Waals surface area contributed by atoms with E-state index in [9.17, 15) is 4.79 Å². The molecule has 1 aromatic heterocycles. The summed E-state index contributed by atoms with van der Waals surface area (Å²) in [5.74, 6) is -0.622. The predicted octanol–water partition coefficient (Wildman–Crippen LogP) is 1.14. The lowest BCUT2D eigenvalue weighted by Gasteiger charge is -2.02. The van der Waals surface area contributed by atoms with Crippen molar-refractivity contribution in [3.8, 4) is 6.07 Å². The second-order valence-corrected chi connectivity index (χ2v) is 3.09. The number of pyridine rings is 1. The highest BCUT2D eigenvalue weighted by Gasteiger charge is 2.08. The Morgan fingerprint density at radius 1 is 1.65 bits per heavy atom. The fourth-order valence-electron chi connectivity index (χ4n) is 1.11. The summed E-state index contributed by atoms with van der Waals surface area (Å²) in [6.45, 7) is 2.39. The first kappa shape index (κ1) is 12.7. The minimum absolute atomic E-state index is 0.0530. The lowest BCUT2D eigenvalue weighted by molar-refractivity contribution is -0.138. The van der Waals surface area contributed by atoms with E-state index in [0.29, 0.717) is 6.54 Å². The lowest BCUT2D eigenvalue weighted by Crippen LogP contribution is -2.12. The first-order valence-corrected chi connectivity index (χ1v) is 5.18. The number of esters is 1. The number of nitriles is 1. The maximum absolute atomic E-state index is 11.2. The van der Waals surface area contributed by atoms with Crippen LogP contribution < -0.4 is 5.32 Å². The fraction of sp³-hybridized carbons (Fsp3) is 0.250. The number of carbonyl (C=O) groups is 1. The fourth-order valence-corrected chi connectivity index (χ4v) is 1.11. The van der Waals surface area contributed by atoms with Crippen molar-refractivity contribution in [2.75, 3.05) is 6.61 Å². The highest BCUT2D eigenvalue weighted by Crippen LogP contribution is 1.96. The number of nitrogens with zero attached hydrogens (tertiary/aromatic N) is 2. The zero-order valence-corrected chi connectivity index (χ0v) is 9.51. The van der Waals surface area contributed by atoms with Crippen molar-refractivity contribution in [3.63, 3.8) is 0 Å². The van der Waals surface area contributed by atoms with E-state index in [2.05, 4.69) is 10.3 Å². The van der Waals surface area contributed by atoms with Gasteiger partial charge in [0.1, 0.15) is 6.07 Å². The van der Waals surface area contributed by atoms with Crippen LogP contribution in [0.2, 0.25) is 0 Å². The van der Waals surface area contributed by atoms with Gasteiger partial charge in [-0.3, -0.25) is 4.98 Å². The third kappa shape index (κ3) is 4.34. The molecule has 0 aliphatic carbocycles. The maximum atomic E-state index is 11.2. The van der Waals surface area contributed by atoms with Gasteiger partial charge in [0.2, 0.25) is 0 Å². The average Bonchev–Trinajstić information content (AvgIpc) is 2.36. The van der Waals surface area contributed by atoms with Gasteiger partial charge in [0.05, 0.1) is 18.8 Å². The molecule has 0 spiro atoms. The van der Waals surface area contributed by atoms with Gasteiger partial charge in [-0.2, -0.15) is 5.26 Å². The second kappa shape index (κ2) is 7.01. The molecule has 5 heteroatoms. The average molecular weight is 231 g/mol. The molecule has 88 valence electrons. The molecule has 0 aliphatic rings. The Morgan fingerprint density at radius 3 is 3.06 bits per heavy atom. The Morgan fingerprint density at radius 2 is 2.47 bits per heavy atom. The summed E-state index contributed by atoms with van der Waals surface area (Å²) in [6.07, 6.45) is 3.02. The molecule has 1 heterocycles. The summed E-state index contributed by atoms with van der Waals surface area (Å²) in [7, 11) is 0. The zero-order chi connectivity index (χ0) is 12.5. The summed E-state index contributed by atoms with van der Waals surface area (Å²) in [6, 6.07) is 7.30. The van der Waals surface area contributed by atoms with Crippen LogP contribution >= 0.6 is 0 Å². The molecule has 1 aromatic rings. The van der Waals surface area contributed by atoms with Crippen LogP contribution in [0.4, 0.5) is 0 Å². The Labute approximate surface area is 99.7 Å². The number of aromatic nitrogens is 1. The maximum Gasteiger partial charge on any atom is 0.350 e. The molecular weight excluding hydrogens is 218 g/mol. The van der Waals surface area contributed by atoms with E-state index < -0.39 is 5.97 Å². The van der Waals surface area contributed by atoms with Crippen LogP contribution in [0, 0.1) is 11.3 Å². The van der Waals surface area contributed by atoms with Crippen molar-refractivity contribution in [1.82, 2.24) is 10.3 Å². The number of carbonyl (C=O) groups excluding carboxylic acids is 1. The normalized spacial score (nSPS) is 10.5. The minimum atomic E-state index is -0.622. The van der Waals surface area contributed by atoms with Crippen LogP contribution in [-0.2, 0) is 16.1 Å². The summed E-state index contributed by atoms with van der Waals surface area (Å²) >= 11 is 0. The monoisotopic (exact) mass is 231 g/mol. The molecule has 5 nitrogen and oxygen atoms in total. The van der Waals surface area contributed by atoms with E-state index in [1.54, 1.807) is 19.2 Å². The molecule has 1 N–H and O–H groups in total. The van der Waals surface area contributed by atoms with Crippen molar-refractivity contribution in [2.45, 2.75) is 13.5 Å². The summed E-state index contributed by atoms with van der Waals surface area (Å²) < 4.78 is 4.71. The van der Waals surface area contributed by atoms with E-state index >= 15 is 0 Å². The van der Waals surface area contributed by atoms with Crippen LogP contribution in [0.25, 0.3) is 0 Å². The lowest BCUT2D eigenvalue weighted by atomic mass is 10.3. The Kier molecular flexibility index (Phi) is 5.25. The highest BCUT2D eigenvalue weighted by molar-refractivity contribution is 5.92. The van der Waals surface area contributed by atoms with E-state index in [4.69, 9.17) is 10.00 Å². The molecule has 0 fully saturated rings. The standard InChI is InChI=1S/C12H13N3O2/c1-2-17-12(16)10(7-13)8-14-9-11-5-3-4-6-15-11/h3-6,8,14H,2,9H2,1H3/b10-8+. The topological polar surface area (TPSA) is 75.0 Å². The van der Waals surface area contributed by atoms with E-state index in [1.165, 1.54) is 6.20 Å². The smallest absolute Gasteiger partial charge is 0.350 e. The molecule has 0 saturated carbocycles. The van der Waals surface area contributed by atoms with Crippen molar-refractivity contribution in [2.24, 2.45) is 0 Å². The largest absolute Gasteiger partial charge is 0.462 e. The van der Waals surface area contributed by atoms with Gasteiger partial charge in [-0.05, 0) is 19.1 Å². The van der Waals surface area contributed by atoms with Gasteiger partial charge in [0, 0.05) is 12.4 Å². The summed E-state index contributed by atoms with van der Waals surface area (Å²) in [5, 5.41) is 11.6. The molecule has 0 radical (unpaired) electrons. The Balaban J connectivity index is 2.52. The number of hydrogen-bond donors (Lipinski definition) is 1. The first-order chi connectivity index (χ1) is 8.27. The molecule has 0 saturated heterocycles. The van der Waals surface area contributed by atoms with Gasteiger partial charge < -0.3 is 10.1 Å². The van der Waals surface area contributed by atoms with Crippen LogP contribution in [-0.4, -0.2) is 17.6 Å². The van der Waals surface area contributed by atoms with Gasteiger partial charge >= 0.3 is 5.97 Å². The molecule has 0 aromatic carbocycles. The SMILES string of the molecule is CCOC(=O)/C(C#N)=C/NCc1ccccn1. The van der Waals surface area contributed by atoms with Crippen LogP contribution in [0.15, 0.2) is 36.2 Å². The summed E-state index contributed by atoms with van der Waals surface area (Å²) in [5.41, 5.74) is 0.771. The quantitative estimate of drug-likeness (QED) is 0.467. The van der Waals surface area contributed by atoms with E-state index in [1.807, 2.05) is 18.2 Å². The molecule has 0 aliphatic heterocycles. The van der Waals surface area contributed by atoms with Crippen molar-refractivity contribution >= 4 is 5.97 Å². The van der Waals surface area contributed by atoms with Crippen LogP contribution in [0.5, 0.6) is 0 Å². The molecule has 0 amide bonds. The first-order valence-electron chi connectivity index (χ1n) is 5.18. The number of hydrogen-bond acceptors (Lipinski definition) is 5. The van der Waals surface area contributed by atoms with Crippen LogP contribution in [0.1, 0.15) is 12.6 Å². The molecular formula is C12H13N3O2. The van der Waals surface area contributed by atoms with Crippen molar-refractivity contribution in [3.05, 3.63) is 41.9 Å². The van der Waals surface area contributed by atoms with Gasteiger partial charge in [-0.25, -0.2) is 4.79 Å². The highest BCUT2D eigenvalue weighted by atomic mass is 16.5. The Hall–Kier alpha value is -2.35. The molecule has 0 unspecified atom stereocenters. The van der Waals surface area contributed by atoms with Gasteiger partial charge in [0.15, 0.2) is 5.57 Å². The second-order valence-electron chi connectivity index (χ2n) is 3.09. The number of nitrogens with one attached hydrogen (secondary N) is 1. The third-order valence-corrected chi connectivity index (χ3v) is 1.87. The summed E-state index contributed by atoms with van der Waals surface area (Å²) in [4.78, 5) is 15.3. The molecule has 17 heavy (non-hydrogen) atoms.